The van der Waals surface area contributed by atoms with Gasteiger partial charge in [-0.3, -0.25) is 4.79 Å². The van der Waals surface area contributed by atoms with E-state index in [2.05, 4.69) is 77.6 Å². The first-order chi connectivity index (χ1) is 15.1. The third-order valence-electron chi connectivity index (χ3n) is 6.22. The second-order valence-electron chi connectivity index (χ2n) is 8.39. The van der Waals surface area contributed by atoms with Gasteiger partial charge in [0.2, 0.25) is 0 Å². The molecule has 160 valence electrons. The average Bonchev–Trinajstić information content (AvgIpc) is 3.23. The van der Waals surface area contributed by atoms with Crippen LogP contribution in [0.15, 0.2) is 48.5 Å². The zero-order valence-electron chi connectivity index (χ0n) is 18.0. The van der Waals surface area contributed by atoms with Crippen LogP contribution in [0.3, 0.4) is 0 Å². The molecule has 5 rings (SSSR count). The predicted octanol–water partition coefficient (Wildman–Crippen LogP) is 3.13. The first-order valence-corrected chi connectivity index (χ1v) is 10.8. The highest BCUT2D eigenvalue weighted by Crippen LogP contribution is 2.28. The van der Waals surface area contributed by atoms with Crippen molar-refractivity contribution in [1.82, 2.24) is 19.9 Å². The van der Waals surface area contributed by atoms with E-state index in [-0.39, 0.29) is 12.0 Å². The predicted molar refractivity (Wildman–Crippen MR) is 118 cm³/mol. The van der Waals surface area contributed by atoms with E-state index in [1.165, 1.54) is 16.8 Å². The number of aromatic nitrogens is 3. The van der Waals surface area contributed by atoms with E-state index in [1.807, 2.05) is 9.58 Å². The van der Waals surface area contributed by atoms with Crippen molar-refractivity contribution in [3.05, 3.63) is 76.6 Å². The number of carbonyl (C=O) groups is 1. The Kier molecular flexibility index (Phi) is 5.19. The number of rotatable bonds is 3. The van der Waals surface area contributed by atoms with Gasteiger partial charge in [0.1, 0.15) is 6.10 Å². The van der Waals surface area contributed by atoms with Gasteiger partial charge in [0.25, 0.3) is 5.91 Å². The highest BCUT2D eigenvalue weighted by molar-refractivity contribution is 5.93. The molecule has 2 aliphatic rings. The SMILES string of the molecule is Cc1ccc(C2Cn3nnc(C(=O)N4CCN(c5ccc(C)cc5)CC4)c3CO2)cc1. The summed E-state index contributed by atoms with van der Waals surface area (Å²) in [5, 5.41) is 8.50. The van der Waals surface area contributed by atoms with Crippen molar-refractivity contribution in [1.29, 1.82) is 0 Å². The number of ether oxygens (including phenoxy) is 1. The van der Waals surface area contributed by atoms with Gasteiger partial charge in [-0.1, -0.05) is 52.7 Å². The maximum atomic E-state index is 13.1. The highest BCUT2D eigenvalue weighted by atomic mass is 16.5. The molecule has 0 aliphatic carbocycles. The molecule has 1 amide bonds. The molecule has 1 saturated heterocycles. The minimum atomic E-state index is -0.0733. The zero-order valence-corrected chi connectivity index (χ0v) is 18.0. The Morgan fingerprint density at radius 1 is 0.935 bits per heavy atom. The lowest BCUT2D eigenvalue weighted by Gasteiger charge is -2.36. The highest BCUT2D eigenvalue weighted by Gasteiger charge is 2.31. The molecule has 0 N–H and O–H groups in total. The van der Waals surface area contributed by atoms with Crippen LogP contribution >= 0.6 is 0 Å². The number of amides is 1. The van der Waals surface area contributed by atoms with E-state index >= 15 is 0 Å². The molecule has 1 atom stereocenters. The molecule has 2 aromatic carbocycles. The fourth-order valence-corrected chi connectivity index (χ4v) is 4.23. The van der Waals surface area contributed by atoms with Gasteiger partial charge in [0.15, 0.2) is 5.69 Å². The minimum absolute atomic E-state index is 0.0535. The average molecular weight is 418 g/mol. The number of hydrogen-bond acceptors (Lipinski definition) is 5. The van der Waals surface area contributed by atoms with E-state index in [1.54, 1.807) is 0 Å². The van der Waals surface area contributed by atoms with Crippen molar-refractivity contribution in [2.24, 2.45) is 0 Å². The van der Waals surface area contributed by atoms with Crippen LogP contribution in [0.4, 0.5) is 5.69 Å². The monoisotopic (exact) mass is 417 g/mol. The third-order valence-corrected chi connectivity index (χ3v) is 6.22. The van der Waals surface area contributed by atoms with Crippen LogP contribution in [0, 0.1) is 13.8 Å². The molecule has 7 nitrogen and oxygen atoms in total. The Bertz CT molecular complexity index is 1070. The van der Waals surface area contributed by atoms with Gasteiger partial charge in [-0.15, -0.1) is 5.10 Å². The second kappa shape index (κ2) is 8.15. The van der Waals surface area contributed by atoms with Crippen LogP contribution in [0.2, 0.25) is 0 Å². The van der Waals surface area contributed by atoms with Crippen LogP contribution < -0.4 is 4.90 Å². The van der Waals surface area contributed by atoms with Crippen molar-refractivity contribution in [3.8, 4) is 0 Å². The van der Waals surface area contributed by atoms with Gasteiger partial charge in [-0.2, -0.15) is 0 Å². The largest absolute Gasteiger partial charge is 0.368 e. The topological polar surface area (TPSA) is 63.5 Å². The van der Waals surface area contributed by atoms with Crippen molar-refractivity contribution in [3.63, 3.8) is 0 Å². The molecule has 1 aromatic heterocycles. The Balaban J connectivity index is 1.24. The fourth-order valence-electron chi connectivity index (χ4n) is 4.23. The number of nitrogens with zero attached hydrogens (tertiary/aromatic N) is 5. The van der Waals surface area contributed by atoms with Crippen molar-refractivity contribution >= 4 is 11.6 Å². The smallest absolute Gasteiger partial charge is 0.276 e. The van der Waals surface area contributed by atoms with Gasteiger partial charge in [-0.05, 0) is 31.5 Å². The minimum Gasteiger partial charge on any atom is -0.368 e. The summed E-state index contributed by atoms with van der Waals surface area (Å²) in [7, 11) is 0. The zero-order chi connectivity index (χ0) is 21.4. The molecule has 3 heterocycles. The maximum absolute atomic E-state index is 13.1. The number of aryl methyl sites for hydroxylation is 2. The molecule has 0 saturated carbocycles. The van der Waals surface area contributed by atoms with Gasteiger partial charge in [0, 0.05) is 31.9 Å². The molecule has 3 aromatic rings. The van der Waals surface area contributed by atoms with Gasteiger partial charge < -0.3 is 14.5 Å². The number of hydrogen-bond donors (Lipinski definition) is 0. The number of carbonyl (C=O) groups excluding carboxylic acids is 1. The van der Waals surface area contributed by atoms with Crippen molar-refractivity contribution in [2.75, 3.05) is 31.1 Å². The van der Waals surface area contributed by atoms with E-state index in [0.29, 0.717) is 31.9 Å². The van der Waals surface area contributed by atoms with Gasteiger partial charge in [-0.25, -0.2) is 4.68 Å². The summed E-state index contributed by atoms with van der Waals surface area (Å²) in [5.41, 5.74) is 5.99. The Labute approximate surface area is 182 Å². The molecule has 0 bridgehead atoms. The lowest BCUT2D eigenvalue weighted by Crippen LogP contribution is -2.49. The summed E-state index contributed by atoms with van der Waals surface area (Å²) >= 11 is 0. The lowest BCUT2D eigenvalue weighted by atomic mass is 10.1. The summed E-state index contributed by atoms with van der Waals surface area (Å²) < 4.78 is 7.89. The molecule has 0 spiro atoms. The molecular formula is C24H27N5O2. The Hall–Kier alpha value is -3.19. The maximum Gasteiger partial charge on any atom is 0.276 e. The molecule has 2 aliphatic heterocycles. The Morgan fingerprint density at radius 2 is 1.58 bits per heavy atom. The summed E-state index contributed by atoms with van der Waals surface area (Å²) in [5.74, 6) is -0.0535. The van der Waals surface area contributed by atoms with Crippen LogP contribution in [0.1, 0.15) is 39.0 Å². The molecular weight excluding hydrogens is 390 g/mol. The molecule has 1 fully saturated rings. The standard InChI is InChI=1S/C24H27N5O2/c1-17-3-7-19(8-4-17)22-15-29-21(16-31-22)23(25-26-29)24(30)28-13-11-27(12-14-28)20-9-5-18(2)6-10-20/h3-10,22H,11-16H2,1-2H3. The summed E-state index contributed by atoms with van der Waals surface area (Å²) in [6.45, 7) is 8.04. The van der Waals surface area contributed by atoms with E-state index < -0.39 is 0 Å². The molecule has 31 heavy (non-hydrogen) atoms. The molecule has 0 radical (unpaired) electrons. The van der Waals surface area contributed by atoms with E-state index in [0.717, 1.165) is 24.3 Å². The molecule has 7 heteroatoms. The number of fused-ring (bicyclic) bond motifs is 1. The number of benzene rings is 2. The van der Waals surface area contributed by atoms with Crippen molar-refractivity contribution in [2.45, 2.75) is 33.1 Å². The summed E-state index contributed by atoms with van der Waals surface area (Å²) in [4.78, 5) is 17.3. The van der Waals surface area contributed by atoms with Gasteiger partial charge >= 0.3 is 0 Å². The third kappa shape index (κ3) is 3.93. The van der Waals surface area contributed by atoms with E-state index in [9.17, 15) is 4.79 Å². The molecule has 1 unspecified atom stereocenters. The summed E-state index contributed by atoms with van der Waals surface area (Å²) in [6.07, 6.45) is -0.0733. The quantitative estimate of drug-likeness (QED) is 0.655. The number of piperazine rings is 1. The van der Waals surface area contributed by atoms with Crippen LogP contribution in [0.5, 0.6) is 0 Å². The number of anilines is 1. The lowest BCUT2D eigenvalue weighted by molar-refractivity contribution is -0.00196. The summed E-state index contributed by atoms with van der Waals surface area (Å²) in [6, 6.07) is 16.9. The Morgan fingerprint density at radius 3 is 2.26 bits per heavy atom. The van der Waals surface area contributed by atoms with Crippen LogP contribution in [-0.4, -0.2) is 52.0 Å². The fraction of sp³-hybridized carbons (Fsp3) is 0.375. The van der Waals surface area contributed by atoms with Crippen LogP contribution in [-0.2, 0) is 17.9 Å². The van der Waals surface area contributed by atoms with Crippen molar-refractivity contribution < 1.29 is 9.53 Å². The van der Waals surface area contributed by atoms with Gasteiger partial charge in [0.05, 0.1) is 18.8 Å². The van der Waals surface area contributed by atoms with Crippen LogP contribution in [0.25, 0.3) is 0 Å². The normalized spacial score (nSPS) is 18.7. The second-order valence-corrected chi connectivity index (χ2v) is 8.39. The first-order valence-electron chi connectivity index (χ1n) is 10.8. The first kappa shape index (κ1) is 19.8. The van der Waals surface area contributed by atoms with E-state index in [4.69, 9.17) is 4.74 Å².